The largest absolute Gasteiger partial charge is 0.455 e. The van der Waals surface area contributed by atoms with Crippen molar-refractivity contribution >= 4 is 27.3 Å². The van der Waals surface area contributed by atoms with Gasteiger partial charge in [0.1, 0.15) is 11.5 Å². The fourth-order valence-corrected chi connectivity index (χ4v) is 4.70. The number of hydrogen-bond acceptors (Lipinski definition) is 5. The van der Waals surface area contributed by atoms with Crippen LogP contribution in [-0.2, 0) is 22.1 Å². The Bertz CT molecular complexity index is 1440. The number of carbonyl (C=O) groups excluding carboxylic acids is 2. The molecule has 2 amide bonds. The van der Waals surface area contributed by atoms with Crippen LogP contribution in [0.25, 0.3) is 0 Å². The van der Waals surface area contributed by atoms with Gasteiger partial charge in [0.05, 0.1) is 16.1 Å². The number of benzene rings is 3. The Labute approximate surface area is 203 Å². The second kappa shape index (κ2) is 10.4. The molecule has 7 nitrogen and oxygen atoms in total. The number of carbonyl (C=O) groups is 2. The summed E-state index contributed by atoms with van der Waals surface area (Å²) in [6.07, 6.45) is 0. The first-order chi connectivity index (χ1) is 16.8. The summed E-state index contributed by atoms with van der Waals surface area (Å²) in [5.41, 5.74) is 2.70. The third-order valence-electron chi connectivity index (χ3n) is 5.31. The third kappa shape index (κ3) is 6.04. The minimum Gasteiger partial charge on any atom is -0.455 e. The molecule has 0 spiro atoms. The van der Waals surface area contributed by atoms with E-state index in [1.165, 1.54) is 24.3 Å². The normalized spacial score (nSPS) is 11.1. The minimum atomic E-state index is -3.61. The van der Waals surface area contributed by atoms with E-state index in [1.54, 1.807) is 42.5 Å². The lowest BCUT2D eigenvalue weighted by molar-refractivity contribution is 0.0951. The van der Waals surface area contributed by atoms with Crippen molar-refractivity contribution in [2.45, 2.75) is 24.1 Å². The minimum absolute atomic E-state index is 0.0573. The summed E-state index contributed by atoms with van der Waals surface area (Å²) in [4.78, 5) is 25.7. The fraction of sp³-hybridized carbons (Fsp3) is 0.111. The average molecular weight is 489 g/mol. The molecule has 0 fully saturated rings. The van der Waals surface area contributed by atoms with Crippen molar-refractivity contribution in [2.75, 3.05) is 5.32 Å². The number of anilines is 1. The van der Waals surface area contributed by atoms with E-state index in [2.05, 4.69) is 10.6 Å². The molecule has 0 aliphatic rings. The van der Waals surface area contributed by atoms with Gasteiger partial charge in [-0.3, -0.25) is 9.59 Å². The molecular formula is C27H24N2O5S. The average Bonchev–Trinajstić information content (AvgIpc) is 3.32. The van der Waals surface area contributed by atoms with Crippen LogP contribution in [-0.4, -0.2) is 20.2 Å². The molecule has 0 saturated heterocycles. The molecule has 0 aliphatic heterocycles. The third-order valence-corrected chi connectivity index (χ3v) is 6.97. The van der Waals surface area contributed by atoms with Gasteiger partial charge >= 0.3 is 0 Å². The van der Waals surface area contributed by atoms with Crippen LogP contribution < -0.4 is 10.6 Å². The van der Waals surface area contributed by atoms with E-state index in [-0.39, 0.29) is 28.1 Å². The van der Waals surface area contributed by atoms with E-state index < -0.39 is 15.7 Å². The Morgan fingerprint density at radius 2 is 1.49 bits per heavy atom. The molecule has 3 aromatic carbocycles. The van der Waals surface area contributed by atoms with Gasteiger partial charge in [-0.15, -0.1) is 0 Å². The first-order valence-corrected chi connectivity index (χ1v) is 12.6. The van der Waals surface area contributed by atoms with Crippen molar-refractivity contribution in [3.63, 3.8) is 0 Å². The highest BCUT2D eigenvalue weighted by Crippen LogP contribution is 2.20. The highest BCUT2D eigenvalue weighted by atomic mass is 32.2. The zero-order valence-electron chi connectivity index (χ0n) is 19.0. The van der Waals surface area contributed by atoms with Gasteiger partial charge < -0.3 is 15.1 Å². The van der Waals surface area contributed by atoms with Crippen LogP contribution in [0.3, 0.4) is 0 Å². The predicted octanol–water partition coefficient (Wildman–Crippen LogP) is 4.74. The topological polar surface area (TPSA) is 105 Å². The Morgan fingerprint density at radius 3 is 2.23 bits per heavy atom. The van der Waals surface area contributed by atoms with E-state index >= 15 is 0 Å². The lowest BCUT2D eigenvalue weighted by Crippen LogP contribution is -2.24. The van der Waals surface area contributed by atoms with Crippen LogP contribution in [0.1, 0.15) is 37.8 Å². The molecule has 4 aromatic rings. The Hall–Kier alpha value is -4.17. The van der Waals surface area contributed by atoms with Gasteiger partial charge in [0.25, 0.3) is 11.8 Å². The van der Waals surface area contributed by atoms with Crippen molar-refractivity contribution in [1.29, 1.82) is 0 Å². The summed E-state index contributed by atoms with van der Waals surface area (Å²) in [6, 6.07) is 25.3. The number of aryl methyl sites for hydroxylation is 1. The molecule has 1 aromatic heterocycles. The molecule has 0 aliphatic carbocycles. The van der Waals surface area contributed by atoms with E-state index in [0.29, 0.717) is 17.8 Å². The van der Waals surface area contributed by atoms with Gasteiger partial charge in [-0.1, -0.05) is 60.2 Å². The molecule has 35 heavy (non-hydrogen) atoms. The summed E-state index contributed by atoms with van der Waals surface area (Å²) < 4.78 is 30.6. The molecule has 1 heterocycles. The highest BCUT2D eigenvalue weighted by molar-refractivity contribution is 7.90. The number of hydrogen-bond donors (Lipinski definition) is 2. The first kappa shape index (κ1) is 24.0. The second-order valence-electron chi connectivity index (χ2n) is 8.01. The van der Waals surface area contributed by atoms with Gasteiger partial charge in [0.2, 0.25) is 0 Å². The van der Waals surface area contributed by atoms with Crippen LogP contribution in [0.2, 0.25) is 0 Å². The number of para-hydroxylation sites is 1. The van der Waals surface area contributed by atoms with Crippen LogP contribution in [0.15, 0.2) is 100 Å². The summed E-state index contributed by atoms with van der Waals surface area (Å²) in [5, 5.41) is 5.53. The predicted molar refractivity (Wildman–Crippen MR) is 133 cm³/mol. The standard InChI is InChI=1S/C27H24N2O5S/c1-19-11-13-20(14-12-19)17-28-26(30)23-9-5-6-10-24(23)29-27(31)25-16-15-21(34-25)18-35(32,33)22-7-3-2-4-8-22/h2-16H,17-18H2,1H3,(H,28,30)(H,29,31). The molecule has 178 valence electrons. The van der Waals surface area contributed by atoms with Crippen molar-refractivity contribution in [2.24, 2.45) is 0 Å². The van der Waals surface area contributed by atoms with Crippen LogP contribution in [0.4, 0.5) is 5.69 Å². The van der Waals surface area contributed by atoms with E-state index in [4.69, 9.17) is 4.42 Å². The van der Waals surface area contributed by atoms with Crippen molar-refractivity contribution in [3.05, 3.63) is 119 Å². The summed E-state index contributed by atoms with van der Waals surface area (Å²) in [5.74, 6) is -1.22. The Balaban J connectivity index is 1.43. The SMILES string of the molecule is Cc1ccc(CNC(=O)c2ccccc2NC(=O)c2ccc(CS(=O)(=O)c3ccccc3)o2)cc1. The van der Waals surface area contributed by atoms with Crippen LogP contribution >= 0.6 is 0 Å². The second-order valence-corrected chi connectivity index (χ2v) is 10.00. The maximum Gasteiger partial charge on any atom is 0.291 e. The highest BCUT2D eigenvalue weighted by Gasteiger charge is 2.20. The number of furan rings is 1. The van der Waals surface area contributed by atoms with E-state index in [1.807, 2.05) is 31.2 Å². The van der Waals surface area contributed by atoms with E-state index in [0.717, 1.165) is 11.1 Å². The number of sulfone groups is 1. The molecule has 0 unspecified atom stereocenters. The van der Waals surface area contributed by atoms with Crippen LogP contribution in [0.5, 0.6) is 0 Å². The molecule has 2 N–H and O–H groups in total. The molecule has 4 rings (SSSR count). The van der Waals surface area contributed by atoms with Crippen molar-refractivity contribution in [1.82, 2.24) is 5.32 Å². The van der Waals surface area contributed by atoms with Gasteiger partial charge in [0, 0.05) is 6.54 Å². The molecule has 0 radical (unpaired) electrons. The molecule has 0 atom stereocenters. The zero-order valence-corrected chi connectivity index (χ0v) is 19.8. The number of nitrogens with one attached hydrogen (secondary N) is 2. The quantitative estimate of drug-likeness (QED) is 0.373. The number of amides is 2. The van der Waals surface area contributed by atoms with Crippen molar-refractivity contribution in [3.8, 4) is 0 Å². The molecule has 8 heteroatoms. The molecule has 0 bridgehead atoms. The summed E-state index contributed by atoms with van der Waals surface area (Å²) >= 11 is 0. The van der Waals surface area contributed by atoms with E-state index in [9.17, 15) is 18.0 Å². The molecular weight excluding hydrogens is 464 g/mol. The smallest absolute Gasteiger partial charge is 0.291 e. The summed E-state index contributed by atoms with van der Waals surface area (Å²) in [6.45, 7) is 2.34. The lowest BCUT2D eigenvalue weighted by Gasteiger charge is -2.11. The van der Waals surface area contributed by atoms with Gasteiger partial charge in [-0.05, 0) is 48.9 Å². The lowest BCUT2D eigenvalue weighted by atomic mass is 10.1. The first-order valence-electron chi connectivity index (χ1n) is 10.9. The van der Waals surface area contributed by atoms with Gasteiger partial charge in [-0.2, -0.15) is 0 Å². The molecule has 0 saturated carbocycles. The number of rotatable bonds is 8. The Morgan fingerprint density at radius 1 is 0.800 bits per heavy atom. The van der Waals surface area contributed by atoms with Gasteiger partial charge in [-0.25, -0.2) is 8.42 Å². The van der Waals surface area contributed by atoms with Crippen molar-refractivity contribution < 1.29 is 22.4 Å². The van der Waals surface area contributed by atoms with Crippen LogP contribution in [0, 0.1) is 6.92 Å². The Kier molecular flexibility index (Phi) is 7.12. The maximum atomic E-state index is 12.8. The monoisotopic (exact) mass is 488 g/mol. The van der Waals surface area contributed by atoms with Gasteiger partial charge in [0.15, 0.2) is 15.6 Å². The zero-order chi connectivity index (χ0) is 24.8. The fourth-order valence-electron chi connectivity index (χ4n) is 3.43. The summed E-state index contributed by atoms with van der Waals surface area (Å²) in [7, 11) is -3.61. The maximum absolute atomic E-state index is 12.8.